The lowest BCUT2D eigenvalue weighted by Gasteiger charge is -2.19. The van der Waals surface area contributed by atoms with Gasteiger partial charge in [-0.05, 0) is 18.1 Å². The first-order valence-electron chi connectivity index (χ1n) is 7.05. The number of carbonyl (C=O) groups excluding carboxylic acids is 3. The van der Waals surface area contributed by atoms with Gasteiger partial charge < -0.3 is 10.5 Å². The molecule has 7 heteroatoms. The number of pyridine rings is 1. The van der Waals surface area contributed by atoms with Gasteiger partial charge in [-0.1, -0.05) is 38.1 Å². The standard InChI is InChI=1S/C16H17N3O4/c1-9(2)13(14(20)19-16(17)22)23-15(21)12-8-7-10-5-3-4-6-11(10)18-12/h3-9,13H,1-2H3,(H3,17,19,20,22). The highest BCUT2D eigenvalue weighted by Gasteiger charge is 2.28. The van der Waals surface area contributed by atoms with Gasteiger partial charge in [-0.25, -0.2) is 14.6 Å². The third-order valence-corrected chi connectivity index (χ3v) is 3.15. The summed E-state index contributed by atoms with van der Waals surface area (Å²) in [4.78, 5) is 39.1. The SMILES string of the molecule is CC(C)C(OC(=O)c1ccc2ccccc2n1)C(=O)NC(N)=O. The third kappa shape index (κ3) is 4.03. The first kappa shape index (κ1) is 16.4. The summed E-state index contributed by atoms with van der Waals surface area (Å²) in [5.41, 5.74) is 5.64. The van der Waals surface area contributed by atoms with Crippen LogP contribution >= 0.6 is 0 Å². The van der Waals surface area contributed by atoms with Gasteiger partial charge in [0.2, 0.25) is 0 Å². The van der Waals surface area contributed by atoms with Gasteiger partial charge in [0.15, 0.2) is 6.10 Å². The van der Waals surface area contributed by atoms with Crippen molar-refractivity contribution >= 4 is 28.8 Å². The van der Waals surface area contributed by atoms with Crippen LogP contribution in [0, 0.1) is 5.92 Å². The number of ether oxygens (including phenoxy) is 1. The number of nitrogens with two attached hydrogens (primary N) is 1. The Bertz CT molecular complexity index is 758. The summed E-state index contributed by atoms with van der Waals surface area (Å²) < 4.78 is 5.19. The maximum absolute atomic E-state index is 12.2. The average molecular weight is 315 g/mol. The van der Waals surface area contributed by atoms with E-state index < -0.39 is 24.0 Å². The van der Waals surface area contributed by atoms with Crippen molar-refractivity contribution in [3.05, 3.63) is 42.1 Å². The van der Waals surface area contributed by atoms with Crippen molar-refractivity contribution < 1.29 is 19.1 Å². The van der Waals surface area contributed by atoms with E-state index in [9.17, 15) is 14.4 Å². The molecule has 120 valence electrons. The number of nitrogens with zero attached hydrogens (tertiary/aromatic N) is 1. The molecule has 2 rings (SSSR count). The van der Waals surface area contributed by atoms with Crippen molar-refractivity contribution in [3.63, 3.8) is 0 Å². The molecule has 1 atom stereocenters. The summed E-state index contributed by atoms with van der Waals surface area (Å²) in [5.74, 6) is -1.84. The van der Waals surface area contributed by atoms with E-state index in [0.29, 0.717) is 5.52 Å². The minimum atomic E-state index is -1.14. The zero-order valence-corrected chi connectivity index (χ0v) is 12.8. The number of aromatic nitrogens is 1. The van der Waals surface area contributed by atoms with Crippen molar-refractivity contribution in [2.75, 3.05) is 0 Å². The van der Waals surface area contributed by atoms with E-state index >= 15 is 0 Å². The van der Waals surface area contributed by atoms with Crippen LogP contribution in [-0.2, 0) is 9.53 Å². The molecule has 1 aromatic heterocycles. The van der Waals surface area contributed by atoms with E-state index in [0.717, 1.165) is 5.39 Å². The van der Waals surface area contributed by atoms with Gasteiger partial charge in [0, 0.05) is 5.39 Å². The number of esters is 1. The molecule has 1 aromatic carbocycles. The molecule has 7 nitrogen and oxygen atoms in total. The molecule has 0 saturated carbocycles. The Morgan fingerprint density at radius 1 is 1.13 bits per heavy atom. The lowest BCUT2D eigenvalue weighted by Crippen LogP contribution is -2.45. The first-order valence-corrected chi connectivity index (χ1v) is 7.05. The summed E-state index contributed by atoms with van der Waals surface area (Å²) in [5, 5.41) is 2.80. The molecule has 1 heterocycles. The van der Waals surface area contributed by atoms with Crippen molar-refractivity contribution in [3.8, 4) is 0 Å². The van der Waals surface area contributed by atoms with Crippen LogP contribution in [0.1, 0.15) is 24.3 Å². The van der Waals surface area contributed by atoms with Gasteiger partial charge in [-0.2, -0.15) is 0 Å². The van der Waals surface area contributed by atoms with E-state index in [2.05, 4.69) is 4.98 Å². The van der Waals surface area contributed by atoms with Crippen LogP contribution in [0.3, 0.4) is 0 Å². The Balaban J connectivity index is 2.19. The van der Waals surface area contributed by atoms with Crippen LogP contribution in [0.4, 0.5) is 4.79 Å². The fourth-order valence-electron chi connectivity index (χ4n) is 2.04. The maximum Gasteiger partial charge on any atom is 0.357 e. The first-order chi connectivity index (χ1) is 10.9. The summed E-state index contributed by atoms with van der Waals surface area (Å²) in [7, 11) is 0. The smallest absolute Gasteiger partial charge is 0.357 e. The topological polar surface area (TPSA) is 111 Å². The van der Waals surface area contributed by atoms with Crippen molar-refractivity contribution in [1.82, 2.24) is 10.3 Å². The molecule has 1 unspecified atom stereocenters. The quantitative estimate of drug-likeness (QED) is 0.833. The lowest BCUT2D eigenvalue weighted by molar-refractivity contribution is -0.130. The Morgan fingerprint density at radius 3 is 2.48 bits per heavy atom. The molecule has 23 heavy (non-hydrogen) atoms. The molecule has 0 bridgehead atoms. The van der Waals surface area contributed by atoms with Gasteiger partial charge in [-0.15, -0.1) is 0 Å². The maximum atomic E-state index is 12.2. The van der Waals surface area contributed by atoms with E-state index in [1.54, 1.807) is 26.0 Å². The second kappa shape index (κ2) is 6.87. The van der Waals surface area contributed by atoms with Gasteiger partial charge in [0.1, 0.15) is 5.69 Å². The zero-order chi connectivity index (χ0) is 17.0. The van der Waals surface area contributed by atoms with Crippen LogP contribution in [-0.4, -0.2) is 29.0 Å². The number of hydrogen-bond donors (Lipinski definition) is 2. The zero-order valence-electron chi connectivity index (χ0n) is 12.8. The van der Waals surface area contributed by atoms with Gasteiger partial charge in [0.05, 0.1) is 5.52 Å². The highest BCUT2D eigenvalue weighted by molar-refractivity contribution is 5.98. The molecule has 0 aliphatic carbocycles. The summed E-state index contributed by atoms with van der Waals surface area (Å²) >= 11 is 0. The fraction of sp³-hybridized carbons (Fsp3) is 0.250. The van der Waals surface area contributed by atoms with Crippen molar-refractivity contribution in [1.29, 1.82) is 0 Å². The largest absolute Gasteiger partial charge is 0.447 e. The fourth-order valence-corrected chi connectivity index (χ4v) is 2.04. The Morgan fingerprint density at radius 2 is 1.83 bits per heavy atom. The van der Waals surface area contributed by atoms with Crippen LogP contribution in [0.2, 0.25) is 0 Å². The third-order valence-electron chi connectivity index (χ3n) is 3.15. The molecule has 0 fully saturated rings. The van der Waals surface area contributed by atoms with Gasteiger partial charge >= 0.3 is 12.0 Å². The number of primary amides is 1. The molecule has 3 amide bonds. The van der Waals surface area contributed by atoms with Crippen LogP contribution < -0.4 is 11.1 Å². The second-order valence-corrected chi connectivity index (χ2v) is 5.31. The number of carbonyl (C=O) groups is 3. The number of urea groups is 1. The molecule has 0 aliphatic rings. The minimum Gasteiger partial charge on any atom is -0.447 e. The number of rotatable bonds is 4. The predicted molar refractivity (Wildman–Crippen MR) is 83.5 cm³/mol. The molecule has 0 spiro atoms. The number of nitrogens with one attached hydrogen (secondary N) is 1. The summed E-state index contributed by atoms with van der Waals surface area (Å²) in [6.45, 7) is 3.37. The molecule has 2 aromatic rings. The second-order valence-electron chi connectivity index (χ2n) is 5.31. The normalized spacial score (nSPS) is 12.0. The highest BCUT2D eigenvalue weighted by Crippen LogP contribution is 2.14. The summed E-state index contributed by atoms with van der Waals surface area (Å²) in [6.07, 6.45) is -1.14. The Labute approximate surface area is 132 Å². The lowest BCUT2D eigenvalue weighted by atomic mass is 10.1. The number of fused-ring (bicyclic) bond motifs is 1. The number of benzene rings is 1. The van der Waals surface area contributed by atoms with Crippen LogP contribution in [0.5, 0.6) is 0 Å². The molecule has 0 aliphatic heterocycles. The van der Waals surface area contributed by atoms with E-state index in [-0.39, 0.29) is 11.6 Å². The summed E-state index contributed by atoms with van der Waals surface area (Å²) in [6, 6.07) is 9.58. The number of hydrogen-bond acceptors (Lipinski definition) is 5. The predicted octanol–water partition coefficient (Wildman–Crippen LogP) is 1.61. The van der Waals surface area contributed by atoms with Gasteiger partial charge in [-0.3, -0.25) is 10.1 Å². The minimum absolute atomic E-state index is 0.0845. The van der Waals surface area contributed by atoms with Crippen molar-refractivity contribution in [2.24, 2.45) is 11.7 Å². The van der Waals surface area contributed by atoms with Gasteiger partial charge in [0.25, 0.3) is 5.91 Å². The average Bonchev–Trinajstić information content (AvgIpc) is 2.50. The number of para-hydroxylation sites is 1. The molecule has 0 radical (unpaired) electrons. The molecular weight excluding hydrogens is 298 g/mol. The van der Waals surface area contributed by atoms with E-state index in [1.165, 1.54) is 6.07 Å². The van der Waals surface area contributed by atoms with E-state index in [4.69, 9.17) is 10.5 Å². The van der Waals surface area contributed by atoms with E-state index in [1.807, 2.05) is 23.5 Å². The number of amides is 3. The molecular formula is C16H17N3O4. The molecule has 0 saturated heterocycles. The monoisotopic (exact) mass is 315 g/mol. The molecule has 3 N–H and O–H groups in total. The highest BCUT2D eigenvalue weighted by atomic mass is 16.5. The number of imide groups is 1. The van der Waals surface area contributed by atoms with Crippen LogP contribution in [0.25, 0.3) is 10.9 Å². The Hall–Kier alpha value is -2.96. The van der Waals surface area contributed by atoms with Crippen LogP contribution in [0.15, 0.2) is 36.4 Å². The van der Waals surface area contributed by atoms with Crippen molar-refractivity contribution in [2.45, 2.75) is 20.0 Å². The Kier molecular flexibility index (Phi) is 4.90.